The lowest BCUT2D eigenvalue weighted by Gasteiger charge is -2.25. The fraction of sp³-hybridized carbons (Fsp3) is 0.333. The fourth-order valence-electron chi connectivity index (χ4n) is 1.83. The predicted molar refractivity (Wildman–Crippen MR) is 67.5 cm³/mol. The number of nitrogens with zero attached hydrogens (tertiary/aromatic N) is 2. The van der Waals surface area contributed by atoms with Crippen molar-refractivity contribution in [3.05, 3.63) is 34.6 Å². The highest BCUT2D eigenvalue weighted by molar-refractivity contribution is 9.10. The molecule has 1 aromatic heterocycles. The summed E-state index contributed by atoms with van der Waals surface area (Å²) in [6.45, 7) is 2.11. The molecule has 0 unspecified atom stereocenters. The standard InChI is InChI=1S/C12H12BrN3O/c13-10-4-2-1-3-9(10)12-15-11(16-17-12)5-8-6-14-7-8/h1-4,8,14H,5-7H2. The summed E-state index contributed by atoms with van der Waals surface area (Å²) in [6, 6.07) is 7.85. The van der Waals surface area contributed by atoms with Crippen LogP contribution in [0, 0.1) is 5.92 Å². The summed E-state index contributed by atoms with van der Waals surface area (Å²) in [6.07, 6.45) is 0.890. The molecule has 0 spiro atoms. The van der Waals surface area contributed by atoms with E-state index in [4.69, 9.17) is 4.52 Å². The Morgan fingerprint density at radius 3 is 2.88 bits per heavy atom. The van der Waals surface area contributed by atoms with E-state index in [0.717, 1.165) is 35.4 Å². The lowest BCUT2D eigenvalue weighted by Crippen LogP contribution is -2.43. The smallest absolute Gasteiger partial charge is 0.259 e. The molecule has 0 bridgehead atoms. The maximum Gasteiger partial charge on any atom is 0.259 e. The predicted octanol–water partition coefficient (Wildman–Crippen LogP) is 2.26. The Hall–Kier alpha value is -1.20. The molecule has 4 nitrogen and oxygen atoms in total. The number of nitrogens with one attached hydrogen (secondary N) is 1. The van der Waals surface area contributed by atoms with Gasteiger partial charge in [0.1, 0.15) is 0 Å². The van der Waals surface area contributed by atoms with Crippen molar-refractivity contribution in [2.45, 2.75) is 6.42 Å². The normalized spacial score (nSPS) is 15.8. The zero-order valence-electron chi connectivity index (χ0n) is 9.19. The van der Waals surface area contributed by atoms with Crippen molar-refractivity contribution in [3.8, 4) is 11.5 Å². The molecule has 1 aliphatic heterocycles. The Kier molecular flexibility index (Phi) is 2.94. The molecule has 0 aliphatic carbocycles. The molecule has 1 saturated heterocycles. The zero-order valence-corrected chi connectivity index (χ0v) is 10.8. The molecule has 0 saturated carbocycles. The molecule has 17 heavy (non-hydrogen) atoms. The van der Waals surface area contributed by atoms with Gasteiger partial charge in [0.2, 0.25) is 0 Å². The quantitative estimate of drug-likeness (QED) is 0.943. The van der Waals surface area contributed by atoms with E-state index in [0.29, 0.717) is 11.8 Å². The average Bonchev–Trinajstić information content (AvgIpc) is 2.73. The molecule has 2 aromatic rings. The third-order valence-corrected chi connectivity index (χ3v) is 3.60. The minimum absolute atomic E-state index is 0.583. The van der Waals surface area contributed by atoms with Crippen LogP contribution in [0.3, 0.4) is 0 Å². The number of hydrogen-bond acceptors (Lipinski definition) is 4. The van der Waals surface area contributed by atoms with Crippen molar-refractivity contribution >= 4 is 15.9 Å². The Labute approximate surface area is 108 Å². The van der Waals surface area contributed by atoms with Crippen LogP contribution < -0.4 is 5.32 Å². The lowest BCUT2D eigenvalue weighted by atomic mass is 9.99. The molecule has 1 N–H and O–H groups in total. The number of halogens is 1. The highest BCUT2D eigenvalue weighted by Gasteiger charge is 2.20. The summed E-state index contributed by atoms with van der Waals surface area (Å²) in [5.41, 5.74) is 0.943. The summed E-state index contributed by atoms with van der Waals surface area (Å²) in [4.78, 5) is 4.43. The number of benzene rings is 1. The minimum Gasteiger partial charge on any atom is -0.334 e. The third kappa shape index (κ3) is 2.25. The van der Waals surface area contributed by atoms with E-state index in [1.165, 1.54) is 0 Å². The van der Waals surface area contributed by atoms with Crippen molar-refractivity contribution in [2.75, 3.05) is 13.1 Å². The molecule has 1 aromatic carbocycles. The van der Waals surface area contributed by atoms with Crippen molar-refractivity contribution in [3.63, 3.8) is 0 Å². The van der Waals surface area contributed by atoms with Gasteiger partial charge in [0, 0.05) is 10.9 Å². The van der Waals surface area contributed by atoms with Crippen molar-refractivity contribution in [2.24, 2.45) is 5.92 Å². The van der Waals surface area contributed by atoms with E-state index in [9.17, 15) is 0 Å². The molecule has 0 radical (unpaired) electrons. The number of rotatable bonds is 3. The van der Waals surface area contributed by atoms with Gasteiger partial charge in [-0.2, -0.15) is 4.98 Å². The Morgan fingerprint density at radius 2 is 2.18 bits per heavy atom. The lowest BCUT2D eigenvalue weighted by molar-refractivity contribution is 0.333. The Balaban J connectivity index is 1.82. The van der Waals surface area contributed by atoms with Gasteiger partial charge in [0.25, 0.3) is 5.89 Å². The van der Waals surface area contributed by atoms with Crippen LogP contribution in [-0.2, 0) is 6.42 Å². The minimum atomic E-state index is 0.583. The van der Waals surface area contributed by atoms with E-state index < -0.39 is 0 Å². The molecule has 0 amide bonds. The van der Waals surface area contributed by atoms with Crippen LogP contribution in [0.1, 0.15) is 5.82 Å². The van der Waals surface area contributed by atoms with Gasteiger partial charge in [-0.1, -0.05) is 17.3 Å². The summed E-state index contributed by atoms with van der Waals surface area (Å²) in [7, 11) is 0. The van der Waals surface area contributed by atoms with Gasteiger partial charge in [-0.05, 0) is 47.1 Å². The average molecular weight is 294 g/mol. The van der Waals surface area contributed by atoms with Gasteiger partial charge in [-0.25, -0.2) is 0 Å². The molecular weight excluding hydrogens is 282 g/mol. The van der Waals surface area contributed by atoms with E-state index in [1.54, 1.807) is 0 Å². The van der Waals surface area contributed by atoms with Crippen LogP contribution in [0.2, 0.25) is 0 Å². The van der Waals surface area contributed by atoms with E-state index >= 15 is 0 Å². The second-order valence-corrected chi connectivity index (χ2v) is 5.08. The first-order chi connectivity index (χ1) is 8.33. The molecule has 3 rings (SSSR count). The molecule has 1 aliphatic rings. The van der Waals surface area contributed by atoms with Gasteiger partial charge in [0.05, 0.1) is 5.56 Å². The molecule has 88 valence electrons. The molecule has 1 fully saturated rings. The van der Waals surface area contributed by atoms with Crippen LogP contribution in [-0.4, -0.2) is 23.2 Å². The van der Waals surface area contributed by atoms with Crippen LogP contribution in [0.4, 0.5) is 0 Å². The SMILES string of the molecule is Brc1ccccc1-c1nc(CC2CNC2)no1. The second-order valence-electron chi connectivity index (χ2n) is 4.22. The van der Waals surface area contributed by atoms with Crippen LogP contribution in [0.25, 0.3) is 11.5 Å². The number of hydrogen-bond donors (Lipinski definition) is 1. The maximum absolute atomic E-state index is 5.29. The summed E-state index contributed by atoms with van der Waals surface area (Å²) in [5, 5.41) is 7.26. The van der Waals surface area contributed by atoms with Crippen molar-refractivity contribution < 1.29 is 4.52 Å². The highest BCUT2D eigenvalue weighted by atomic mass is 79.9. The monoisotopic (exact) mass is 293 g/mol. The molecular formula is C12H12BrN3O. The maximum atomic E-state index is 5.29. The summed E-state index contributed by atoms with van der Waals surface area (Å²) in [5.74, 6) is 2.03. The van der Waals surface area contributed by atoms with E-state index in [1.807, 2.05) is 24.3 Å². The van der Waals surface area contributed by atoms with Crippen LogP contribution in [0.15, 0.2) is 33.3 Å². The van der Waals surface area contributed by atoms with Crippen molar-refractivity contribution in [1.29, 1.82) is 0 Å². The number of aromatic nitrogens is 2. The van der Waals surface area contributed by atoms with E-state index in [2.05, 4.69) is 31.4 Å². The van der Waals surface area contributed by atoms with Gasteiger partial charge in [0.15, 0.2) is 5.82 Å². The largest absolute Gasteiger partial charge is 0.334 e. The Morgan fingerprint density at radius 1 is 1.35 bits per heavy atom. The van der Waals surface area contributed by atoms with Gasteiger partial charge >= 0.3 is 0 Å². The Bertz CT molecular complexity index is 522. The topological polar surface area (TPSA) is 51.0 Å². The van der Waals surface area contributed by atoms with E-state index in [-0.39, 0.29) is 0 Å². The third-order valence-electron chi connectivity index (χ3n) is 2.91. The van der Waals surface area contributed by atoms with Gasteiger partial charge in [-0.15, -0.1) is 0 Å². The highest BCUT2D eigenvalue weighted by Crippen LogP contribution is 2.26. The first-order valence-electron chi connectivity index (χ1n) is 5.61. The molecule has 2 heterocycles. The summed E-state index contributed by atoms with van der Waals surface area (Å²) >= 11 is 3.48. The summed E-state index contributed by atoms with van der Waals surface area (Å²) < 4.78 is 6.26. The first kappa shape index (κ1) is 10.9. The molecule has 5 heteroatoms. The second kappa shape index (κ2) is 4.58. The first-order valence-corrected chi connectivity index (χ1v) is 6.40. The van der Waals surface area contributed by atoms with Crippen LogP contribution >= 0.6 is 15.9 Å². The fourth-order valence-corrected chi connectivity index (χ4v) is 2.29. The van der Waals surface area contributed by atoms with Gasteiger partial charge < -0.3 is 9.84 Å². The molecule has 0 atom stereocenters. The van der Waals surface area contributed by atoms with Crippen LogP contribution in [0.5, 0.6) is 0 Å². The van der Waals surface area contributed by atoms with Gasteiger partial charge in [-0.3, -0.25) is 0 Å². The van der Waals surface area contributed by atoms with Crippen molar-refractivity contribution in [1.82, 2.24) is 15.5 Å². The zero-order chi connectivity index (χ0) is 11.7.